The fourth-order valence-electron chi connectivity index (χ4n) is 2.93. The Morgan fingerprint density at radius 3 is 1.68 bits per heavy atom. The van der Waals surface area contributed by atoms with Crippen molar-refractivity contribution < 1.29 is 19.1 Å². The first-order chi connectivity index (χ1) is 13.4. The van der Waals surface area contributed by atoms with Crippen LogP contribution in [0.5, 0.6) is 0 Å². The zero-order chi connectivity index (χ0) is 20.3. The predicted octanol–water partition coefficient (Wildman–Crippen LogP) is 4.61. The lowest BCUT2D eigenvalue weighted by molar-refractivity contribution is 0.0592. The van der Waals surface area contributed by atoms with Gasteiger partial charge in [-0.1, -0.05) is 24.3 Å². The van der Waals surface area contributed by atoms with Crippen LogP contribution in [0.2, 0.25) is 0 Å². The molecule has 0 aliphatic carbocycles. The zero-order valence-corrected chi connectivity index (χ0v) is 16.3. The Morgan fingerprint density at radius 1 is 0.750 bits per heavy atom. The van der Waals surface area contributed by atoms with Gasteiger partial charge in [-0.15, -0.1) is 0 Å². The van der Waals surface area contributed by atoms with Crippen LogP contribution in [-0.2, 0) is 9.47 Å². The van der Waals surface area contributed by atoms with Gasteiger partial charge < -0.3 is 9.47 Å². The van der Waals surface area contributed by atoms with Crippen molar-refractivity contribution in [2.45, 2.75) is 13.8 Å². The number of methoxy groups -OCH3 is 2. The number of pyridine rings is 1. The van der Waals surface area contributed by atoms with Crippen LogP contribution in [-0.4, -0.2) is 31.1 Å². The summed E-state index contributed by atoms with van der Waals surface area (Å²) in [4.78, 5) is 28.2. The third-order valence-corrected chi connectivity index (χ3v) is 4.66. The number of aromatic nitrogens is 1. The molecule has 2 aromatic carbocycles. The van der Waals surface area contributed by atoms with Crippen molar-refractivity contribution in [3.63, 3.8) is 0 Å². The van der Waals surface area contributed by atoms with E-state index in [0.29, 0.717) is 11.1 Å². The molecule has 3 aromatic rings. The van der Waals surface area contributed by atoms with E-state index in [-0.39, 0.29) is 11.9 Å². The fourth-order valence-corrected chi connectivity index (χ4v) is 2.93. The third kappa shape index (κ3) is 3.78. The van der Waals surface area contributed by atoms with E-state index in [2.05, 4.69) is 6.07 Å². The second kappa shape index (κ2) is 8.05. The van der Waals surface area contributed by atoms with E-state index in [4.69, 9.17) is 14.5 Å². The normalized spacial score (nSPS) is 10.4. The molecule has 0 spiro atoms. The average Bonchev–Trinajstić information content (AvgIpc) is 2.74. The molecule has 0 N–H and O–H groups in total. The maximum atomic E-state index is 11.7. The second-order valence-electron chi connectivity index (χ2n) is 6.42. The van der Waals surface area contributed by atoms with Crippen LogP contribution in [0.3, 0.4) is 0 Å². The van der Waals surface area contributed by atoms with Gasteiger partial charge in [0.1, 0.15) is 0 Å². The minimum absolute atomic E-state index is 0.372. The highest BCUT2D eigenvalue weighted by Crippen LogP contribution is 2.32. The Balaban J connectivity index is 2.08. The first-order valence-electron chi connectivity index (χ1n) is 8.80. The third-order valence-electron chi connectivity index (χ3n) is 4.66. The molecule has 0 bridgehead atoms. The number of esters is 2. The molecule has 0 fully saturated rings. The topological polar surface area (TPSA) is 65.5 Å². The fraction of sp³-hybridized carbons (Fsp3) is 0.174. The van der Waals surface area contributed by atoms with E-state index in [1.54, 1.807) is 24.3 Å². The van der Waals surface area contributed by atoms with Crippen LogP contribution in [0.4, 0.5) is 0 Å². The van der Waals surface area contributed by atoms with Gasteiger partial charge in [0.25, 0.3) is 0 Å². The van der Waals surface area contributed by atoms with Crippen molar-refractivity contribution in [1.82, 2.24) is 4.98 Å². The average molecular weight is 375 g/mol. The first-order valence-corrected chi connectivity index (χ1v) is 8.80. The van der Waals surface area contributed by atoms with Crippen molar-refractivity contribution >= 4 is 11.9 Å². The van der Waals surface area contributed by atoms with Crippen LogP contribution in [0.15, 0.2) is 54.6 Å². The summed E-state index contributed by atoms with van der Waals surface area (Å²) in [5.74, 6) is -0.749. The Morgan fingerprint density at radius 2 is 1.21 bits per heavy atom. The molecule has 142 valence electrons. The summed E-state index contributed by atoms with van der Waals surface area (Å²) in [7, 11) is 2.72. The highest BCUT2D eigenvalue weighted by Gasteiger charge is 2.14. The van der Waals surface area contributed by atoms with Gasteiger partial charge in [0, 0.05) is 16.8 Å². The maximum absolute atomic E-state index is 11.7. The molecule has 1 heterocycles. The molecule has 28 heavy (non-hydrogen) atoms. The number of nitrogens with zero attached hydrogens (tertiary/aromatic N) is 1. The molecule has 0 saturated carbocycles. The molecule has 0 radical (unpaired) electrons. The van der Waals surface area contributed by atoms with Crippen LogP contribution in [0, 0.1) is 13.8 Å². The van der Waals surface area contributed by atoms with E-state index in [9.17, 15) is 9.59 Å². The number of carbonyl (C=O) groups is 2. The van der Waals surface area contributed by atoms with E-state index < -0.39 is 0 Å². The van der Waals surface area contributed by atoms with Gasteiger partial charge in [0.05, 0.1) is 31.0 Å². The molecule has 0 aliphatic rings. The molecule has 3 rings (SSSR count). The van der Waals surface area contributed by atoms with E-state index in [1.807, 2.05) is 38.1 Å². The van der Waals surface area contributed by atoms with E-state index in [0.717, 1.165) is 33.6 Å². The quantitative estimate of drug-likeness (QED) is 0.623. The highest BCUT2D eigenvalue weighted by atomic mass is 16.5. The molecule has 0 atom stereocenters. The zero-order valence-electron chi connectivity index (χ0n) is 16.3. The minimum atomic E-state index is -0.377. The number of rotatable bonds is 4. The Bertz CT molecular complexity index is 937. The number of aryl methyl sites for hydroxylation is 2. The number of carbonyl (C=O) groups excluding carboxylic acids is 2. The molecule has 0 unspecified atom stereocenters. The number of hydrogen-bond donors (Lipinski definition) is 0. The van der Waals surface area contributed by atoms with Gasteiger partial charge in [0.15, 0.2) is 0 Å². The van der Waals surface area contributed by atoms with Crippen LogP contribution >= 0.6 is 0 Å². The van der Waals surface area contributed by atoms with E-state index >= 15 is 0 Å². The molecule has 5 nitrogen and oxygen atoms in total. The lowest BCUT2D eigenvalue weighted by Crippen LogP contribution is -2.02. The lowest BCUT2D eigenvalue weighted by Gasteiger charge is -2.13. The Labute approximate surface area is 164 Å². The van der Waals surface area contributed by atoms with Crippen molar-refractivity contribution in [3.8, 4) is 22.4 Å². The predicted molar refractivity (Wildman–Crippen MR) is 107 cm³/mol. The van der Waals surface area contributed by atoms with Crippen molar-refractivity contribution in [3.05, 3.63) is 77.0 Å². The maximum Gasteiger partial charge on any atom is 0.337 e. The highest BCUT2D eigenvalue weighted by molar-refractivity contribution is 5.92. The molecule has 5 heteroatoms. The molecule has 0 aliphatic heterocycles. The van der Waals surface area contributed by atoms with Gasteiger partial charge in [0.2, 0.25) is 0 Å². The van der Waals surface area contributed by atoms with Crippen molar-refractivity contribution in [2.75, 3.05) is 14.2 Å². The van der Waals surface area contributed by atoms with Crippen molar-refractivity contribution in [1.29, 1.82) is 0 Å². The van der Waals surface area contributed by atoms with Crippen LogP contribution < -0.4 is 0 Å². The minimum Gasteiger partial charge on any atom is -0.465 e. The SMILES string of the molecule is COC(=O)c1ccc(-c2cc(C)c(C)nc2-c2ccc(C(=O)OC)cc2)cc1. The Hall–Kier alpha value is -3.47. The summed E-state index contributed by atoms with van der Waals surface area (Å²) in [5, 5.41) is 0. The molecule has 0 saturated heterocycles. The van der Waals surface area contributed by atoms with Gasteiger partial charge >= 0.3 is 11.9 Å². The van der Waals surface area contributed by atoms with Gasteiger partial charge in [-0.25, -0.2) is 9.59 Å². The number of benzene rings is 2. The Kier molecular flexibility index (Phi) is 5.54. The lowest BCUT2D eigenvalue weighted by atomic mass is 9.96. The second-order valence-corrected chi connectivity index (χ2v) is 6.42. The summed E-state index contributed by atoms with van der Waals surface area (Å²) in [6, 6.07) is 16.5. The monoisotopic (exact) mass is 375 g/mol. The molecular formula is C23H21NO4. The summed E-state index contributed by atoms with van der Waals surface area (Å²) in [5.41, 5.74) is 6.57. The summed E-state index contributed by atoms with van der Waals surface area (Å²) in [6.45, 7) is 3.98. The summed E-state index contributed by atoms with van der Waals surface area (Å²) in [6.07, 6.45) is 0. The standard InChI is InChI=1S/C23H21NO4/c1-14-13-20(16-5-9-18(10-6-16)22(25)27-3)21(24-15(14)2)17-7-11-19(12-8-17)23(26)28-4/h5-13H,1-4H3. The molecule has 1 aromatic heterocycles. The van der Waals surface area contributed by atoms with Crippen LogP contribution in [0.25, 0.3) is 22.4 Å². The summed E-state index contributed by atoms with van der Waals surface area (Å²) >= 11 is 0. The first kappa shape index (κ1) is 19.3. The molecular weight excluding hydrogens is 354 g/mol. The van der Waals surface area contributed by atoms with E-state index in [1.165, 1.54) is 14.2 Å². The number of hydrogen-bond acceptors (Lipinski definition) is 5. The van der Waals surface area contributed by atoms with Crippen LogP contribution in [0.1, 0.15) is 32.0 Å². The largest absolute Gasteiger partial charge is 0.465 e. The molecule has 0 amide bonds. The van der Waals surface area contributed by atoms with Gasteiger partial charge in [-0.3, -0.25) is 4.98 Å². The van der Waals surface area contributed by atoms with Gasteiger partial charge in [-0.2, -0.15) is 0 Å². The number of ether oxygens (including phenoxy) is 2. The smallest absolute Gasteiger partial charge is 0.337 e. The van der Waals surface area contributed by atoms with Gasteiger partial charge in [-0.05, 0) is 55.3 Å². The van der Waals surface area contributed by atoms with Crippen molar-refractivity contribution in [2.24, 2.45) is 0 Å². The summed E-state index contributed by atoms with van der Waals surface area (Å²) < 4.78 is 9.52.